The van der Waals surface area contributed by atoms with Gasteiger partial charge in [0, 0.05) is 42.0 Å². The standard InChI is InChI=1S/C17H15BrClFN4O2/c1-22-17(21)24(2)14(25)7-9-10-5-8(18)3-4-12(10)26-15-11(9)6-13(19)23-16(15)20/h3-6,9H,7H2,1-2H3,(H2,21,22). The van der Waals surface area contributed by atoms with Crippen LogP contribution in [0.3, 0.4) is 0 Å². The maximum Gasteiger partial charge on any atom is 0.257 e. The van der Waals surface area contributed by atoms with Crippen LogP contribution in [0, 0.1) is 5.95 Å². The number of nitrogens with zero attached hydrogens (tertiary/aromatic N) is 3. The number of nitrogens with two attached hydrogens (primary N) is 1. The van der Waals surface area contributed by atoms with E-state index >= 15 is 0 Å². The number of hydrogen-bond acceptors (Lipinski definition) is 4. The molecule has 1 unspecified atom stereocenters. The molecule has 2 heterocycles. The Hall–Kier alpha value is -2.19. The summed E-state index contributed by atoms with van der Waals surface area (Å²) in [7, 11) is 3.03. The summed E-state index contributed by atoms with van der Waals surface area (Å²) in [5, 5.41) is -0.0104. The van der Waals surface area contributed by atoms with E-state index < -0.39 is 11.9 Å². The molecular formula is C17H15BrClFN4O2. The number of fused-ring (bicyclic) bond motifs is 2. The molecule has 3 rings (SSSR count). The first-order chi connectivity index (χ1) is 12.3. The van der Waals surface area contributed by atoms with Gasteiger partial charge in [-0.25, -0.2) is 4.98 Å². The van der Waals surface area contributed by atoms with Gasteiger partial charge in [0.2, 0.25) is 5.91 Å². The van der Waals surface area contributed by atoms with E-state index in [0.29, 0.717) is 11.3 Å². The Morgan fingerprint density at radius 1 is 1.46 bits per heavy atom. The number of carbonyl (C=O) groups excluding carboxylic acids is 1. The molecule has 0 saturated carbocycles. The molecule has 1 aliphatic rings. The second-order valence-corrected chi connectivity index (χ2v) is 7.03. The first-order valence-corrected chi connectivity index (χ1v) is 8.81. The predicted octanol–water partition coefficient (Wildman–Crippen LogP) is 3.67. The van der Waals surface area contributed by atoms with Crippen LogP contribution in [0.15, 0.2) is 33.7 Å². The lowest BCUT2D eigenvalue weighted by molar-refractivity contribution is -0.126. The highest BCUT2D eigenvalue weighted by Crippen LogP contribution is 2.47. The molecule has 1 aromatic heterocycles. The van der Waals surface area contributed by atoms with E-state index in [1.807, 2.05) is 6.07 Å². The van der Waals surface area contributed by atoms with Gasteiger partial charge in [-0.1, -0.05) is 27.5 Å². The lowest BCUT2D eigenvalue weighted by Gasteiger charge is -2.29. The first-order valence-electron chi connectivity index (χ1n) is 7.63. The molecule has 2 N–H and O–H groups in total. The van der Waals surface area contributed by atoms with Gasteiger partial charge >= 0.3 is 0 Å². The van der Waals surface area contributed by atoms with Crippen molar-refractivity contribution in [3.8, 4) is 11.5 Å². The molecule has 26 heavy (non-hydrogen) atoms. The number of benzene rings is 1. The van der Waals surface area contributed by atoms with E-state index in [2.05, 4.69) is 25.9 Å². The molecular weight excluding hydrogens is 427 g/mol. The summed E-state index contributed by atoms with van der Waals surface area (Å²) in [6.45, 7) is 0. The van der Waals surface area contributed by atoms with Gasteiger partial charge in [0.05, 0.1) is 0 Å². The lowest BCUT2D eigenvalue weighted by atomic mass is 9.85. The molecule has 0 saturated heterocycles. The number of aliphatic imine (C=N–C) groups is 1. The Balaban J connectivity index is 2.09. The van der Waals surface area contributed by atoms with Gasteiger partial charge in [0.15, 0.2) is 11.7 Å². The Bertz CT molecular complexity index is 922. The topological polar surface area (TPSA) is 80.8 Å². The average molecular weight is 442 g/mol. The van der Waals surface area contributed by atoms with Crippen molar-refractivity contribution in [2.24, 2.45) is 10.7 Å². The molecule has 0 radical (unpaired) electrons. The number of hydrogen-bond donors (Lipinski definition) is 1. The van der Waals surface area contributed by atoms with Crippen LogP contribution in [0.1, 0.15) is 23.5 Å². The van der Waals surface area contributed by atoms with Gasteiger partial charge in [0.1, 0.15) is 10.9 Å². The molecule has 1 aliphatic heterocycles. The van der Waals surface area contributed by atoms with E-state index in [0.717, 1.165) is 10.0 Å². The first kappa shape index (κ1) is 18.6. The number of pyridine rings is 1. The molecule has 0 fully saturated rings. The van der Waals surface area contributed by atoms with E-state index in [9.17, 15) is 9.18 Å². The van der Waals surface area contributed by atoms with Crippen LogP contribution < -0.4 is 10.5 Å². The second-order valence-electron chi connectivity index (χ2n) is 5.73. The molecule has 1 atom stereocenters. The zero-order valence-corrected chi connectivity index (χ0v) is 16.3. The number of amides is 1. The van der Waals surface area contributed by atoms with Crippen LogP contribution in [0.25, 0.3) is 0 Å². The summed E-state index contributed by atoms with van der Waals surface area (Å²) >= 11 is 9.34. The number of ether oxygens (including phenoxy) is 1. The van der Waals surface area contributed by atoms with E-state index in [1.54, 1.807) is 12.1 Å². The zero-order valence-electron chi connectivity index (χ0n) is 14.0. The van der Waals surface area contributed by atoms with Gasteiger partial charge in [-0.05, 0) is 24.3 Å². The number of rotatable bonds is 2. The molecule has 0 spiro atoms. The van der Waals surface area contributed by atoms with Gasteiger partial charge < -0.3 is 10.5 Å². The zero-order chi connectivity index (χ0) is 19.0. The Morgan fingerprint density at radius 3 is 2.88 bits per heavy atom. The molecule has 6 nitrogen and oxygen atoms in total. The van der Waals surface area contributed by atoms with Crippen molar-refractivity contribution >= 4 is 39.4 Å². The van der Waals surface area contributed by atoms with Crippen molar-refractivity contribution in [3.63, 3.8) is 0 Å². The summed E-state index contributed by atoms with van der Waals surface area (Å²) in [5.41, 5.74) is 6.91. The van der Waals surface area contributed by atoms with Crippen molar-refractivity contribution in [2.75, 3.05) is 14.1 Å². The van der Waals surface area contributed by atoms with Crippen LogP contribution in [-0.2, 0) is 4.79 Å². The van der Waals surface area contributed by atoms with Crippen molar-refractivity contribution < 1.29 is 13.9 Å². The monoisotopic (exact) mass is 440 g/mol. The average Bonchev–Trinajstić information content (AvgIpc) is 2.61. The van der Waals surface area contributed by atoms with E-state index in [1.165, 1.54) is 25.1 Å². The fourth-order valence-electron chi connectivity index (χ4n) is 2.82. The van der Waals surface area contributed by atoms with Gasteiger partial charge in [-0.15, -0.1) is 0 Å². The summed E-state index contributed by atoms with van der Waals surface area (Å²) in [5.74, 6) is -1.04. The van der Waals surface area contributed by atoms with Crippen molar-refractivity contribution in [1.82, 2.24) is 9.88 Å². The molecule has 9 heteroatoms. The fourth-order valence-corrected chi connectivity index (χ4v) is 3.39. The highest BCUT2D eigenvalue weighted by Gasteiger charge is 2.33. The lowest BCUT2D eigenvalue weighted by Crippen LogP contribution is -2.39. The second kappa shape index (κ2) is 7.20. The van der Waals surface area contributed by atoms with Crippen LogP contribution in [0.2, 0.25) is 5.15 Å². The summed E-state index contributed by atoms with van der Waals surface area (Å²) in [4.78, 5) is 21.3. The quantitative estimate of drug-likeness (QED) is 0.438. The molecule has 0 bridgehead atoms. The highest BCUT2D eigenvalue weighted by atomic mass is 79.9. The third kappa shape index (κ3) is 3.39. The summed E-state index contributed by atoms with van der Waals surface area (Å²) < 4.78 is 20.8. The number of guanidine groups is 1. The van der Waals surface area contributed by atoms with Gasteiger partial charge in [0.25, 0.3) is 5.95 Å². The minimum atomic E-state index is -0.818. The van der Waals surface area contributed by atoms with Gasteiger partial charge in [-0.3, -0.25) is 14.7 Å². The number of halogens is 3. The van der Waals surface area contributed by atoms with E-state index in [4.69, 9.17) is 22.1 Å². The highest BCUT2D eigenvalue weighted by molar-refractivity contribution is 9.10. The number of aromatic nitrogens is 1. The smallest absolute Gasteiger partial charge is 0.257 e. The van der Waals surface area contributed by atoms with Crippen LogP contribution in [-0.4, -0.2) is 35.8 Å². The summed E-state index contributed by atoms with van der Waals surface area (Å²) in [6, 6.07) is 6.83. The SMILES string of the molecule is CN=C(N)N(C)C(=O)CC1c2cc(Br)ccc2Oc2c1cc(Cl)nc2F. The molecule has 136 valence electrons. The Kier molecular flexibility index (Phi) is 5.15. The fraction of sp³-hybridized carbons (Fsp3) is 0.235. The molecule has 1 amide bonds. The largest absolute Gasteiger partial charge is 0.452 e. The minimum Gasteiger partial charge on any atom is -0.452 e. The van der Waals surface area contributed by atoms with Crippen LogP contribution >= 0.6 is 27.5 Å². The van der Waals surface area contributed by atoms with Crippen molar-refractivity contribution in [3.05, 3.63) is 51.0 Å². The summed E-state index contributed by atoms with van der Waals surface area (Å²) in [6.07, 6.45) is 0.0340. The predicted molar refractivity (Wildman–Crippen MR) is 100 cm³/mol. The molecule has 2 aromatic rings. The third-order valence-electron chi connectivity index (χ3n) is 4.19. The maximum atomic E-state index is 14.3. The Labute approximate surface area is 162 Å². The van der Waals surface area contributed by atoms with Crippen molar-refractivity contribution in [1.29, 1.82) is 0 Å². The van der Waals surface area contributed by atoms with Crippen molar-refractivity contribution in [2.45, 2.75) is 12.3 Å². The molecule has 1 aromatic carbocycles. The van der Waals surface area contributed by atoms with Crippen LogP contribution in [0.4, 0.5) is 4.39 Å². The van der Waals surface area contributed by atoms with Gasteiger partial charge in [-0.2, -0.15) is 4.39 Å². The van der Waals surface area contributed by atoms with Crippen LogP contribution in [0.5, 0.6) is 11.5 Å². The minimum absolute atomic E-state index is 0.0104. The molecule has 0 aliphatic carbocycles. The maximum absolute atomic E-state index is 14.3. The third-order valence-corrected chi connectivity index (χ3v) is 4.88. The Morgan fingerprint density at radius 2 is 2.19 bits per heavy atom. The van der Waals surface area contributed by atoms with E-state index in [-0.39, 0.29) is 29.2 Å². The normalized spacial score (nSPS) is 15.7. The number of carbonyl (C=O) groups is 1.